The van der Waals surface area contributed by atoms with Crippen LogP contribution in [-0.2, 0) is 4.28 Å². The van der Waals surface area contributed by atoms with E-state index in [1.54, 1.807) is 0 Å². The maximum atomic E-state index is 4.57. The Morgan fingerprint density at radius 2 is 1.39 bits per heavy atom. The van der Waals surface area contributed by atoms with Gasteiger partial charge in [0.2, 0.25) is 0 Å². The number of rotatable bonds is 4. The molecule has 0 aliphatic carbocycles. The molecule has 4 nitrogen and oxygen atoms in total. The van der Waals surface area contributed by atoms with Crippen LogP contribution >= 0.6 is 0 Å². The minimum absolute atomic E-state index is 0.120. The first-order valence-corrected chi connectivity index (χ1v) is 9.62. The van der Waals surface area contributed by atoms with Gasteiger partial charge in [-0.15, -0.1) is 0 Å². The van der Waals surface area contributed by atoms with Crippen molar-refractivity contribution in [3.8, 4) is 0 Å². The Kier molecular flexibility index (Phi) is 5.46. The van der Waals surface area contributed by atoms with Crippen LogP contribution in [0, 0.1) is 13.8 Å². The van der Waals surface area contributed by atoms with Crippen LogP contribution in [0.3, 0.4) is 0 Å². The molecule has 0 aliphatic heterocycles. The standard InChI is InChI=1S/C8H12N3.C3H6N.3Al.5H/c1-5(2)8-10-6(3)9-7(4)11-8;1-3(2)4;;;;;;;;/h1-4H3;1-2H3;;;;;;;;. The van der Waals surface area contributed by atoms with E-state index in [0.717, 1.165) is 50.5 Å². The molecule has 0 N–H and O–H groups in total. The van der Waals surface area contributed by atoms with Gasteiger partial charge < -0.3 is 2.87 Å². The van der Waals surface area contributed by atoms with E-state index in [1.807, 2.05) is 13.8 Å². The van der Waals surface area contributed by atoms with Crippen LogP contribution in [0.1, 0.15) is 45.2 Å². The van der Waals surface area contributed by atoms with Crippen molar-refractivity contribution in [1.82, 2.24) is 17.8 Å². The molecule has 1 heterocycles. The Labute approximate surface area is 133 Å². The molecule has 0 atom stereocenters. The van der Waals surface area contributed by atoms with Gasteiger partial charge in [0, 0.05) is 0 Å². The van der Waals surface area contributed by atoms with Gasteiger partial charge in [0.15, 0.2) is 0 Å². The molecule has 0 aromatic carbocycles. The third-order valence-corrected chi connectivity index (χ3v) is 9.93. The number of hydrogen-bond donors (Lipinski definition) is 0. The largest absolute Gasteiger partial charge is 0.489 e. The number of aromatic nitrogens is 3. The van der Waals surface area contributed by atoms with Gasteiger partial charge in [-0.2, -0.15) is 0 Å². The first kappa shape index (κ1) is 16.6. The summed E-state index contributed by atoms with van der Waals surface area (Å²) in [6.07, 6.45) is 0. The van der Waals surface area contributed by atoms with Gasteiger partial charge >= 0.3 is 0 Å². The minimum Gasteiger partial charge on any atom is -0.489 e. The second kappa shape index (κ2) is 5.91. The zero-order valence-electron chi connectivity index (χ0n) is 13.0. The lowest BCUT2D eigenvalue weighted by atomic mass is 10.2. The summed E-state index contributed by atoms with van der Waals surface area (Å²) in [6, 6.07) is 0. The third kappa shape index (κ3) is 4.30. The topological polar surface area (TPSA) is 41.9 Å². The van der Waals surface area contributed by atoms with Gasteiger partial charge in [0.1, 0.15) is 17.5 Å². The molecule has 0 aliphatic rings. The molecular weight excluding hydrogens is 269 g/mol. The smallest absolute Gasteiger partial charge is 0.298 e. The van der Waals surface area contributed by atoms with E-state index < -0.39 is 0 Å². The Morgan fingerprint density at radius 1 is 0.944 bits per heavy atom. The second-order valence-electron chi connectivity index (χ2n) is 6.52. The lowest BCUT2D eigenvalue weighted by Crippen LogP contribution is -2.52. The van der Waals surface area contributed by atoms with Crippen LogP contribution in [0.15, 0.2) is 0 Å². The molecule has 0 spiro atoms. The molecule has 96 valence electrons. The van der Waals surface area contributed by atoms with Gasteiger partial charge in [-0.3, -0.25) is 0 Å². The molecular formula is C11H23Al3N4. The fourth-order valence-electron chi connectivity index (χ4n) is 2.24. The monoisotopic (exact) mass is 292 g/mol. The summed E-state index contributed by atoms with van der Waals surface area (Å²) in [4.78, 5) is 13.4. The Balaban J connectivity index is 3.06. The van der Waals surface area contributed by atoms with Crippen molar-refractivity contribution in [2.24, 2.45) is 0 Å². The summed E-state index contributed by atoms with van der Waals surface area (Å²) in [7, 11) is 0. The second-order valence-corrected chi connectivity index (χ2v) is 14.8. The summed E-state index contributed by atoms with van der Waals surface area (Å²) in [5, 5.41) is 0. The highest BCUT2D eigenvalue weighted by Crippen LogP contribution is 2.24. The molecule has 0 fully saturated rings. The number of hydrogen-bond acceptors (Lipinski definition) is 4. The minimum atomic E-state index is -0.368. The Morgan fingerprint density at radius 3 is 1.78 bits per heavy atom. The first-order chi connectivity index (χ1) is 8.04. The predicted octanol–water partition coefficient (Wildman–Crippen LogP) is -0.706. The van der Waals surface area contributed by atoms with Crippen molar-refractivity contribution in [2.45, 2.75) is 50.2 Å². The maximum Gasteiger partial charge on any atom is 0.298 e. The highest BCUT2D eigenvalue weighted by molar-refractivity contribution is 6.47. The Hall–Kier alpha value is 0.567. The molecule has 0 saturated heterocycles. The van der Waals surface area contributed by atoms with Crippen molar-refractivity contribution < 1.29 is 0 Å². The average molecular weight is 292 g/mol. The van der Waals surface area contributed by atoms with Gasteiger partial charge in [-0.25, -0.2) is 15.0 Å². The highest BCUT2D eigenvalue weighted by atomic mass is 27.1. The molecule has 0 unspecified atom stereocenters. The maximum absolute atomic E-state index is 4.57. The normalized spacial score (nSPS) is 12.8. The van der Waals surface area contributed by atoms with Crippen LogP contribution < -0.4 is 0 Å². The van der Waals surface area contributed by atoms with Crippen LogP contribution in [0.2, 0.25) is 0 Å². The summed E-state index contributed by atoms with van der Waals surface area (Å²) in [6.45, 7) is 13.2. The summed E-state index contributed by atoms with van der Waals surface area (Å²) >= 11 is 1.94. The molecule has 1 rings (SSSR count). The van der Waals surface area contributed by atoms with E-state index in [-0.39, 0.29) is 19.5 Å². The molecule has 0 amide bonds. The van der Waals surface area contributed by atoms with Gasteiger partial charge in [0.05, 0.1) is 0 Å². The number of nitrogens with zero attached hydrogens (tertiary/aromatic N) is 4. The van der Waals surface area contributed by atoms with Crippen LogP contribution in [0.25, 0.3) is 0 Å². The van der Waals surface area contributed by atoms with Crippen molar-refractivity contribution in [2.75, 3.05) is 0 Å². The third-order valence-electron chi connectivity index (χ3n) is 3.55. The lowest BCUT2D eigenvalue weighted by Gasteiger charge is -2.40. The molecule has 1 aromatic heterocycles. The zero-order chi connectivity index (χ0) is 14.1. The average Bonchev–Trinajstić information content (AvgIpc) is 2.13. The predicted molar refractivity (Wildman–Crippen MR) is 82.5 cm³/mol. The van der Waals surface area contributed by atoms with E-state index in [0.29, 0.717) is 4.40 Å². The van der Waals surface area contributed by atoms with Gasteiger partial charge in [-0.1, -0.05) is 32.1 Å². The fraction of sp³-hybridized carbons (Fsp3) is 0.727. The van der Waals surface area contributed by atoms with Crippen LogP contribution in [0.5, 0.6) is 0 Å². The quantitative estimate of drug-likeness (QED) is 0.688. The lowest BCUT2D eigenvalue weighted by molar-refractivity contribution is 0.471. The van der Waals surface area contributed by atoms with Gasteiger partial charge in [-0.05, 0) is 18.1 Å². The molecule has 7 heteroatoms. The van der Waals surface area contributed by atoms with Crippen molar-refractivity contribution in [3.05, 3.63) is 17.5 Å². The fourth-order valence-corrected chi connectivity index (χ4v) is 5.98. The zero-order valence-corrected chi connectivity index (χ0v) is 18.4. The van der Waals surface area contributed by atoms with E-state index in [1.165, 1.54) is 0 Å². The summed E-state index contributed by atoms with van der Waals surface area (Å²) < 4.78 is 3.08. The van der Waals surface area contributed by atoms with E-state index >= 15 is 0 Å². The molecule has 0 bridgehead atoms. The molecule has 18 heavy (non-hydrogen) atoms. The van der Waals surface area contributed by atoms with E-state index in [9.17, 15) is 0 Å². The van der Waals surface area contributed by atoms with Crippen molar-refractivity contribution >= 4 is 48.2 Å². The highest BCUT2D eigenvalue weighted by Gasteiger charge is 2.35. The molecule has 0 radical (unpaired) electrons. The first-order valence-electron chi connectivity index (χ1n) is 6.42. The molecule has 1 aromatic rings. The van der Waals surface area contributed by atoms with Crippen LogP contribution in [0.4, 0.5) is 0 Å². The Bertz CT molecular complexity index is 412. The SMILES string of the molecule is Cc1nc(C)nc([C](C)(C)[AlH][C](C)(C)[N]([AlH2])[AlH2])n1. The summed E-state index contributed by atoms with van der Waals surface area (Å²) in [5.41, 5.74) is 0. The summed E-state index contributed by atoms with van der Waals surface area (Å²) in [5.74, 6) is 2.66. The van der Waals surface area contributed by atoms with Crippen molar-refractivity contribution in [3.63, 3.8) is 0 Å². The van der Waals surface area contributed by atoms with E-state index in [4.69, 9.17) is 0 Å². The molecule has 0 saturated carbocycles. The number of aryl methyl sites for hydroxylation is 2. The van der Waals surface area contributed by atoms with E-state index in [2.05, 4.69) is 45.5 Å². The van der Waals surface area contributed by atoms with Gasteiger partial charge in [0.25, 0.3) is 48.2 Å². The van der Waals surface area contributed by atoms with Crippen LogP contribution in [-0.4, -0.2) is 70.5 Å². The van der Waals surface area contributed by atoms with Crippen molar-refractivity contribution in [1.29, 1.82) is 0 Å².